The van der Waals surface area contributed by atoms with Crippen LogP contribution in [0.15, 0.2) is 36.7 Å². The summed E-state index contributed by atoms with van der Waals surface area (Å²) in [5, 5.41) is 0. The van der Waals surface area contributed by atoms with Crippen molar-refractivity contribution in [2.75, 3.05) is 20.0 Å². The summed E-state index contributed by atoms with van der Waals surface area (Å²) < 4.78 is 10.5. The molecule has 1 heterocycles. The van der Waals surface area contributed by atoms with Gasteiger partial charge in [-0.15, -0.1) is 0 Å². The smallest absolute Gasteiger partial charge is 0.127 e. The van der Waals surface area contributed by atoms with E-state index >= 15 is 0 Å². The van der Waals surface area contributed by atoms with E-state index in [4.69, 9.17) is 15.2 Å². The SMILES string of the molecule is COc1ccc(OC)c(-c2cncc(N)c2)c1. The molecular formula is C13H14N2O2. The van der Waals surface area contributed by atoms with E-state index in [-0.39, 0.29) is 0 Å². The number of nitrogens with two attached hydrogens (primary N) is 1. The molecule has 4 nitrogen and oxygen atoms in total. The highest BCUT2D eigenvalue weighted by Gasteiger charge is 2.08. The molecule has 2 aromatic rings. The van der Waals surface area contributed by atoms with E-state index in [1.54, 1.807) is 26.6 Å². The van der Waals surface area contributed by atoms with Gasteiger partial charge in [0.15, 0.2) is 0 Å². The zero-order valence-electron chi connectivity index (χ0n) is 9.81. The van der Waals surface area contributed by atoms with Crippen LogP contribution in [-0.4, -0.2) is 19.2 Å². The fourth-order valence-corrected chi connectivity index (χ4v) is 1.64. The molecule has 0 fully saturated rings. The molecule has 0 aliphatic carbocycles. The Balaban J connectivity index is 2.56. The van der Waals surface area contributed by atoms with E-state index in [2.05, 4.69) is 4.98 Å². The molecular weight excluding hydrogens is 216 g/mol. The van der Waals surface area contributed by atoms with Gasteiger partial charge in [-0.1, -0.05) is 0 Å². The third-order valence-electron chi connectivity index (χ3n) is 2.48. The fourth-order valence-electron chi connectivity index (χ4n) is 1.64. The van der Waals surface area contributed by atoms with Crippen molar-refractivity contribution >= 4 is 5.69 Å². The summed E-state index contributed by atoms with van der Waals surface area (Å²) in [6.45, 7) is 0. The van der Waals surface area contributed by atoms with Crippen molar-refractivity contribution in [1.29, 1.82) is 0 Å². The van der Waals surface area contributed by atoms with Crippen molar-refractivity contribution < 1.29 is 9.47 Å². The summed E-state index contributed by atoms with van der Waals surface area (Å²) in [4.78, 5) is 4.07. The molecule has 0 radical (unpaired) electrons. The minimum Gasteiger partial charge on any atom is -0.497 e. The van der Waals surface area contributed by atoms with Gasteiger partial charge in [0, 0.05) is 23.5 Å². The van der Waals surface area contributed by atoms with Gasteiger partial charge < -0.3 is 15.2 Å². The Morgan fingerprint density at radius 3 is 2.53 bits per heavy atom. The van der Waals surface area contributed by atoms with Gasteiger partial charge in [-0.05, 0) is 24.3 Å². The van der Waals surface area contributed by atoms with E-state index in [1.807, 2.05) is 24.3 Å². The number of hydrogen-bond acceptors (Lipinski definition) is 4. The Morgan fingerprint density at radius 1 is 1.06 bits per heavy atom. The number of anilines is 1. The van der Waals surface area contributed by atoms with Crippen molar-refractivity contribution in [2.45, 2.75) is 0 Å². The lowest BCUT2D eigenvalue weighted by molar-refractivity contribution is 0.404. The molecule has 4 heteroatoms. The van der Waals surface area contributed by atoms with Crippen molar-refractivity contribution in [3.8, 4) is 22.6 Å². The first kappa shape index (κ1) is 11.3. The van der Waals surface area contributed by atoms with Gasteiger partial charge in [-0.3, -0.25) is 4.98 Å². The number of nitrogen functional groups attached to an aromatic ring is 1. The number of hydrogen-bond donors (Lipinski definition) is 1. The first-order valence-electron chi connectivity index (χ1n) is 5.17. The molecule has 0 aliphatic heterocycles. The highest BCUT2D eigenvalue weighted by atomic mass is 16.5. The van der Waals surface area contributed by atoms with Crippen molar-refractivity contribution in [2.24, 2.45) is 0 Å². The third kappa shape index (κ3) is 2.30. The highest BCUT2D eigenvalue weighted by Crippen LogP contribution is 2.33. The van der Waals surface area contributed by atoms with E-state index in [9.17, 15) is 0 Å². The minimum atomic E-state index is 0.618. The standard InChI is InChI=1S/C13H14N2O2/c1-16-11-3-4-13(17-2)12(6-11)9-5-10(14)8-15-7-9/h3-8H,14H2,1-2H3. The maximum atomic E-state index is 5.72. The summed E-state index contributed by atoms with van der Waals surface area (Å²) >= 11 is 0. The van der Waals surface area contributed by atoms with Crippen LogP contribution in [0.2, 0.25) is 0 Å². The van der Waals surface area contributed by atoms with E-state index in [0.29, 0.717) is 5.69 Å². The molecule has 17 heavy (non-hydrogen) atoms. The molecule has 0 saturated carbocycles. The number of aromatic nitrogens is 1. The van der Waals surface area contributed by atoms with Gasteiger partial charge in [0.25, 0.3) is 0 Å². The van der Waals surface area contributed by atoms with Gasteiger partial charge in [0.2, 0.25) is 0 Å². The van der Waals surface area contributed by atoms with Crippen LogP contribution in [0.1, 0.15) is 0 Å². The minimum absolute atomic E-state index is 0.618. The molecule has 0 bridgehead atoms. The van der Waals surface area contributed by atoms with Crippen molar-refractivity contribution in [1.82, 2.24) is 4.98 Å². The van der Waals surface area contributed by atoms with Gasteiger partial charge in [-0.25, -0.2) is 0 Å². The summed E-state index contributed by atoms with van der Waals surface area (Å²) in [5.74, 6) is 1.53. The normalized spacial score (nSPS) is 10.0. The maximum Gasteiger partial charge on any atom is 0.127 e. The van der Waals surface area contributed by atoms with Crippen molar-refractivity contribution in [3.63, 3.8) is 0 Å². The molecule has 0 spiro atoms. The number of methoxy groups -OCH3 is 2. The van der Waals surface area contributed by atoms with Gasteiger partial charge in [0.1, 0.15) is 11.5 Å². The molecule has 1 aromatic heterocycles. The van der Waals surface area contributed by atoms with E-state index in [1.165, 1.54) is 0 Å². The molecule has 88 valence electrons. The van der Waals surface area contributed by atoms with Crippen LogP contribution in [0.25, 0.3) is 11.1 Å². The predicted octanol–water partition coefficient (Wildman–Crippen LogP) is 2.35. The second kappa shape index (κ2) is 4.74. The number of ether oxygens (including phenoxy) is 2. The van der Waals surface area contributed by atoms with E-state index < -0.39 is 0 Å². The second-order valence-corrected chi connectivity index (χ2v) is 3.57. The zero-order valence-corrected chi connectivity index (χ0v) is 9.81. The van der Waals surface area contributed by atoms with Crippen LogP contribution >= 0.6 is 0 Å². The highest BCUT2D eigenvalue weighted by molar-refractivity contribution is 5.73. The Kier molecular flexibility index (Phi) is 3.14. The van der Waals surface area contributed by atoms with Crippen LogP contribution in [0.3, 0.4) is 0 Å². The topological polar surface area (TPSA) is 57.4 Å². The summed E-state index contributed by atoms with van der Waals surface area (Å²) in [7, 11) is 3.26. The Labute approximate surface area is 100 Å². The fraction of sp³-hybridized carbons (Fsp3) is 0.154. The van der Waals surface area contributed by atoms with Crippen molar-refractivity contribution in [3.05, 3.63) is 36.7 Å². The molecule has 0 unspecified atom stereocenters. The average molecular weight is 230 g/mol. The largest absolute Gasteiger partial charge is 0.497 e. The van der Waals surface area contributed by atoms with E-state index in [0.717, 1.165) is 22.6 Å². The third-order valence-corrected chi connectivity index (χ3v) is 2.48. The lowest BCUT2D eigenvalue weighted by atomic mass is 10.1. The van der Waals surface area contributed by atoms with Crippen LogP contribution in [0, 0.1) is 0 Å². The zero-order chi connectivity index (χ0) is 12.3. The monoisotopic (exact) mass is 230 g/mol. The molecule has 0 saturated heterocycles. The lowest BCUT2D eigenvalue weighted by Gasteiger charge is -2.10. The number of rotatable bonds is 3. The number of pyridine rings is 1. The van der Waals surface area contributed by atoms with Crippen LogP contribution in [0.5, 0.6) is 11.5 Å². The van der Waals surface area contributed by atoms with Gasteiger partial charge >= 0.3 is 0 Å². The summed E-state index contributed by atoms with van der Waals surface area (Å²) in [5.41, 5.74) is 8.15. The Bertz CT molecular complexity index is 527. The average Bonchev–Trinajstić information content (AvgIpc) is 2.38. The molecule has 0 amide bonds. The lowest BCUT2D eigenvalue weighted by Crippen LogP contribution is -1.92. The maximum absolute atomic E-state index is 5.72. The van der Waals surface area contributed by atoms with Crippen LogP contribution in [0.4, 0.5) is 5.69 Å². The van der Waals surface area contributed by atoms with Crippen LogP contribution < -0.4 is 15.2 Å². The first-order chi connectivity index (χ1) is 8.24. The molecule has 2 rings (SSSR count). The van der Waals surface area contributed by atoms with Crippen LogP contribution in [-0.2, 0) is 0 Å². The van der Waals surface area contributed by atoms with Gasteiger partial charge in [-0.2, -0.15) is 0 Å². The van der Waals surface area contributed by atoms with Gasteiger partial charge in [0.05, 0.1) is 19.9 Å². The molecule has 1 aromatic carbocycles. The Hall–Kier alpha value is -2.23. The molecule has 0 atom stereocenters. The first-order valence-corrected chi connectivity index (χ1v) is 5.17. The summed E-state index contributed by atoms with van der Waals surface area (Å²) in [6.07, 6.45) is 3.35. The Morgan fingerprint density at radius 2 is 1.88 bits per heavy atom. The second-order valence-electron chi connectivity index (χ2n) is 3.57. The predicted molar refractivity (Wildman–Crippen MR) is 67.2 cm³/mol. The molecule has 0 aliphatic rings. The summed E-state index contributed by atoms with van der Waals surface area (Å²) in [6, 6.07) is 7.46. The quantitative estimate of drug-likeness (QED) is 0.879. The number of nitrogens with zero attached hydrogens (tertiary/aromatic N) is 1. The number of benzene rings is 1. The molecule has 2 N–H and O–H groups in total.